The highest BCUT2D eigenvalue weighted by atomic mass is 16.3. The lowest BCUT2D eigenvalue weighted by molar-refractivity contribution is -0.126. The first-order valence-corrected chi connectivity index (χ1v) is 9.07. The standard InChI is InChI=1S/C19H29N3O2/c1-15(22-10-7-17(12-22)14-23)19(24)20-18-8-9-21(13-18)11-16-5-3-2-4-6-16/h2-6,15,17-18,23H,7-14H2,1H3,(H,20,24). The third-order valence-corrected chi connectivity index (χ3v) is 5.37. The van der Waals surface area contributed by atoms with Gasteiger partial charge >= 0.3 is 0 Å². The fourth-order valence-corrected chi connectivity index (χ4v) is 3.79. The van der Waals surface area contributed by atoms with Crippen molar-refractivity contribution in [2.24, 2.45) is 5.92 Å². The number of aliphatic hydroxyl groups excluding tert-OH is 1. The fourth-order valence-electron chi connectivity index (χ4n) is 3.79. The number of carbonyl (C=O) groups is 1. The molecule has 2 aliphatic heterocycles. The highest BCUT2D eigenvalue weighted by Gasteiger charge is 2.31. The molecule has 0 saturated carbocycles. The maximum Gasteiger partial charge on any atom is 0.237 e. The molecule has 3 atom stereocenters. The van der Waals surface area contributed by atoms with E-state index in [1.807, 2.05) is 13.0 Å². The fraction of sp³-hybridized carbons (Fsp3) is 0.632. The van der Waals surface area contributed by atoms with E-state index >= 15 is 0 Å². The van der Waals surface area contributed by atoms with Crippen LogP contribution in [0, 0.1) is 5.92 Å². The molecule has 0 aromatic heterocycles. The summed E-state index contributed by atoms with van der Waals surface area (Å²) in [5.41, 5.74) is 1.32. The van der Waals surface area contributed by atoms with Gasteiger partial charge in [0.05, 0.1) is 6.04 Å². The molecule has 0 radical (unpaired) electrons. The summed E-state index contributed by atoms with van der Waals surface area (Å²) < 4.78 is 0. The third kappa shape index (κ3) is 4.35. The number of hydrogen-bond donors (Lipinski definition) is 2. The maximum absolute atomic E-state index is 12.5. The molecule has 1 amide bonds. The molecular weight excluding hydrogens is 302 g/mol. The minimum atomic E-state index is -0.107. The van der Waals surface area contributed by atoms with Crippen molar-refractivity contribution in [1.82, 2.24) is 15.1 Å². The van der Waals surface area contributed by atoms with Gasteiger partial charge in [0, 0.05) is 38.8 Å². The number of nitrogens with one attached hydrogen (secondary N) is 1. The van der Waals surface area contributed by atoms with E-state index in [0.717, 1.165) is 45.6 Å². The van der Waals surface area contributed by atoms with Crippen LogP contribution in [-0.4, -0.2) is 65.7 Å². The Hall–Kier alpha value is -1.43. The van der Waals surface area contributed by atoms with Crippen molar-refractivity contribution in [3.05, 3.63) is 35.9 Å². The number of carbonyl (C=O) groups excluding carboxylic acids is 1. The van der Waals surface area contributed by atoms with E-state index in [4.69, 9.17) is 0 Å². The van der Waals surface area contributed by atoms with Crippen LogP contribution in [0.5, 0.6) is 0 Å². The van der Waals surface area contributed by atoms with Gasteiger partial charge in [0.15, 0.2) is 0 Å². The molecule has 2 saturated heterocycles. The molecule has 2 fully saturated rings. The zero-order valence-corrected chi connectivity index (χ0v) is 14.5. The summed E-state index contributed by atoms with van der Waals surface area (Å²) in [7, 11) is 0. The summed E-state index contributed by atoms with van der Waals surface area (Å²) >= 11 is 0. The summed E-state index contributed by atoms with van der Waals surface area (Å²) in [6.07, 6.45) is 2.01. The van der Waals surface area contributed by atoms with Gasteiger partial charge in [0.25, 0.3) is 0 Å². The Labute approximate surface area is 144 Å². The van der Waals surface area contributed by atoms with Crippen molar-refractivity contribution in [3.63, 3.8) is 0 Å². The summed E-state index contributed by atoms with van der Waals surface area (Å²) in [5, 5.41) is 12.5. The highest BCUT2D eigenvalue weighted by molar-refractivity contribution is 5.81. The second-order valence-corrected chi connectivity index (χ2v) is 7.22. The lowest BCUT2D eigenvalue weighted by atomic mass is 10.1. The number of nitrogens with zero attached hydrogens (tertiary/aromatic N) is 2. The summed E-state index contributed by atoms with van der Waals surface area (Å²) in [6.45, 7) is 6.85. The first-order valence-electron chi connectivity index (χ1n) is 9.07. The molecule has 2 heterocycles. The number of rotatable bonds is 6. The van der Waals surface area contributed by atoms with Crippen molar-refractivity contribution in [1.29, 1.82) is 0 Å². The first-order chi connectivity index (χ1) is 11.7. The van der Waals surface area contributed by atoms with E-state index in [1.165, 1.54) is 5.56 Å². The molecule has 132 valence electrons. The van der Waals surface area contributed by atoms with E-state index in [9.17, 15) is 9.90 Å². The van der Waals surface area contributed by atoms with Crippen molar-refractivity contribution in [3.8, 4) is 0 Å². The quantitative estimate of drug-likeness (QED) is 0.819. The van der Waals surface area contributed by atoms with Crippen LogP contribution < -0.4 is 5.32 Å². The van der Waals surface area contributed by atoms with Crippen molar-refractivity contribution < 1.29 is 9.90 Å². The summed E-state index contributed by atoms with van der Waals surface area (Å²) in [6, 6.07) is 10.6. The average Bonchev–Trinajstić information content (AvgIpc) is 3.24. The smallest absolute Gasteiger partial charge is 0.237 e. The van der Waals surface area contributed by atoms with Crippen LogP contribution in [-0.2, 0) is 11.3 Å². The average molecular weight is 331 g/mol. The van der Waals surface area contributed by atoms with Gasteiger partial charge in [0.1, 0.15) is 0 Å². The second-order valence-electron chi connectivity index (χ2n) is 7.22. The molecule has 24 heavy (non-hydrogen) atoms. The highest BCUT2D eigenvalue weighted by Crippen LogP contribution is 2.19. The van der Waals surface area contributed by atoms with Gasteiger partial charge < -0.3 is 10.4 Å². The molecule has 3 unspecified atom stereocenters. The SMILES string of the molecule is CC(C(=O)NC1CCN(Cc2ccccc2)C1)N1CCC(CO)C1. The zero-order valence-electron chi connectivity index (χ0n) is 14.5. The molecule has 1 aromatic carbocycles. The topological polar surface area (TPSA) is 55.8 Å². The van der Waals surface area contributed by atoms with Gasteiger partial charge in [-0.05, 0) is 37.8 Å². The number of amides is 1. The van der Waals surface area contributed by atoms with Gasteiger partial charge in [-0.1, -0.05) is 30.3 Å². The molecule has 3 rings (SSSR count). The Bertz CT molecular complexity index is 537. The molecule has 1 aromatic rings. The third-order valence-electron chi connectivity index (χ3n) is 5.37. The number of hydrogen-bond acceptors (Lipinski definition) is 4. The van der Waals surface area contributed by atoms with Gasteiger partial charge in [-0.15, -0.1) is 0 Å². The van der Waals surface area contributed by atoms with Crippen LogP contribution in [0.15, 0.2) is 30.3 Å². The Morgan fingerprint density at radius 3 is 2.75 bits per heavy atom. The Kier molecular flexibility index (Phi) is 5.87. The van der Waals surface area contributed by atoms with Crippen molar-refractivity contribution in [2.45, 2.75) is 38.4 Å². The van der Waals surface area contributed by atoms with Gasteiger partial charge in [-0.2, -0.15) is 0 Å². The number of aliphatic hydroxyl groups is 1. The normalized spacial score (nSPS) is 26.6. The van der Waals surface area contributed by atoms with E-state index in [2.05, 4.69) is 39.4 Å². The minimum absolute atomic E-state index is 0.107. The van der Waals surface area contributed by atoms with Crippen LogP contribution in [0.2, 0.25) is 0 Å². The molecule has 2 aliphatic rings. The molecule has 0 aliphatic carbocycles. The summed E-state index contributed by atoms with van der Waals surface area (Å²) in [5.74, 6) is 0.452. The predicted molar refractivity (Wildman–Crippen MR) is 94.5 cm³/mol. The van der Waals surface area contributed by atoms with Gasteiger partial charge in [-0.3, -0.25) is 14.6 Å². The number of likely N-dealkylation sites (tertiary alicyclic amines) is 2. The largest absolute Gasteiger partial charge is 0.396 e. The van der Waals surface area contributed by atoms with E-state index in [1.54, 1.807) is 0 Å². The van der Waals surface area contributed by atoms with Crippen LogP contribution in [0.4, 0.5) is 0 Å². The van der Waals surface area contributed by atoms with E-state index < -0.39 is 0 Å². The maximum atomic E-state index is 12.5. The lowest BCUT2D eigenvalue weighted by Crippen LogP contribution is -2.48. The molecule has 5 nitrogen and oxygen atoms in total. The van der Waals surface area contributed by atoms with Crippen molar-refractivity contribution in [2.75, 3.05) is 32.8 Å². The number of benzene rings is 1. The molecule has 5 heteroatoms. The molecular formula is C19H29N3O2. The monoisotopic (exact) mass is 331 g/mol. The van der Waals surface area contributed by atoms with Crippen LogP contribution >= 0.6 is 0 Å². The second kappa shape index (κ2) is 8.10. The first kappa shape index (κ1) is 17.4. The Morgan fingerprint density at radius 1 is 1.25 bits per heavy atom. The van der Waals surface area contributed by atoms with Crippen molar-refractivity contribution >= 4 is 5.91 Å². The minimum Gasteiger partial charge on any atom is -0.396 e. The Morgan fingerprint density at radius 2 is 2.04 bits per heavy atom. The van der Waals surface area contributed by atoms with Crippen LogP contribution in [0.3, 0.4) is 0 Å². The van der Waals surface area contributed by atoms with E-state index in [-0.39, 0.29) is 24.6 Å². The van der Waals surface area contributed by atoms with Crippen LogP contribution in [0.1, 0.15) is 25.3 Å². The molecule has 2 N–H and O–H groups in total. The van der Waals surface area contributed by atoms with E-state index in [0.29, 0.717) is 5.92 Å². The molecule has 0 spiro atoms. The lowest BCUT2D eigenvalue weighted by Gasteiger charge is -2.25. The van der Waals surface area contributed by atoms with Gasteiger partial charge in [0.2, 0.25) is 5.91 Å². The Balaban J connectivity index is 1.44. The summed E-state index contributed by atoms with van der Waals surface area (Å²) in [4.78, 5) is 17.1. The van der Waals surface area contributed by atoms with Gasteiger partial charge in [-0.25, -0.2) is 0 Å². The molecule has 0 bridgehead atoms. The van der Waals surface area contributed by atoms with Crippen LogP contribution in [0.25, 0.3) is 0 Å². The predicted octanol–water partition coefficient (Wildman–Crippen LogP) is 1.08. The zero-order chi connectivity index (χ0) is 16.9.